The van der Waals surface area contributed by atoms with Crippen LogP contribution in [0.25, 0.3) is 0 Å². The highest BCUT2D eigenvalue weighted by atomic mass is 16.5. The van der Waals surface area contributed by atoms with Crippen LogP contribution >= 0.6 is 0 Å². The molecule has 0 radical (unpaired) electrons. The maximum absolute atomic E-state index is 9.84. The maximum atomic E-state index is 9.84. The number of para-hydroxylation sites is 1. The van der Waals surface area contributed by atoms with Gasteiger partial charge in [0.1, 0.15) is 5.75 Å². The van der Waals surface area contributed by atoms with E-state index in [1.54, 1.807) is 0 Å². The third-order valence-corrected chi connectivity index (χ3v) is 2.18. The van der Waals surface area contributed by atoms with Crippen LogP contribution in [0.3, 0.4) is 0 Å². The Balaban J connectivity index is 2.75. The summed E-state index contributed by atoms with van der Waals surface area (Å²) in [7, 11) is 0. The Labute approximate surface area is 90.9 Å². The lowest BCUT2D eigenvalue weighted by molar-refractivity contribution is 0.164. The van der Waals surface area contributed by atoms with E-state index < -0.39 is 6.10 Å². The molecule has 0 saturated heterocycles. The normalized spacial score (nSPS) is 12.5. The third-order valence-electron chi connectivity index (χ3n) is 2.18. The van der Waals surface area contributed by atoms with E-state index in [1.165, 1.54) is 0 Å². The molecule has 0 aliphatic heterocycles. The zero-order valence-electron chi connectivity index (χ0n) is 9.15. The summed E-state index contributed by atoms with van der Waals surface area (Å²) in [4.78, 5) is 0. The van der Waals surface area contributed by atoms with Crippen LogP contribution in [-0.2, 0) is 0 Å². The van der Waals surface area contributed by atoms with Crippen molar-refractivity contribution in [1.82, 2.24) is 0 Å². The molecular weight excluding hydrogens is 190 g/mol. The van der Waals surface area contributed by atoms with E-state index in [9.17, 15) is 5.11 Å². The monoisotopic (exact) mass is 209 g/mol. The predicted molar refractivity (Wildman–Crippen MR) is 60.9 cm³/mol. The molecule has 3 N–H and O–H groups in total. The summed E-state index contributed by atoms with van der Waals surface area (Å²) < 4.78 is 5.55. The first-order chi connectivity index (χ1) is 7.29. The van der Waals surface area contributed by atoms with Gasteiger partial charge in [0, 0.05) is 5.56 Å². The van der Waals surface area contributed by atoms with Crippen molar-refractivity contribution in [3.8, 4) is 5.75 Å². The third kappa shape index (κ3) is 3.53. The summed E-state index contributed by atoms with van der Waals surface area (Å²) >= 11 is 0. The van der Waals surface area contributed by atoms with Crippen molar-refractivity contribution in [3.05, 3.63) is 29.8 Å². The van der Waals surface area contributed by atoms with Gasteiger partial charge >= 0.3 is 0 Å². The fourth-order valence-corrected chi connectivity index (χ4v) is 1.41. The van der Waals surface area contributed by atoms with Gasteiger partial charge in [-0.25, -0.2) is 0 Å². The zero-order valence-corrected chi connectivity index (χ0v) is 9.15. The molecule has 0 saturated carbocycles. The Kier molecular flexibility index (Phi) is 5.15. The van der Waals surface area contributed by atoms with Gasteiger partial charge < -0.3 is 15.6 Å². The number of nitrogens with two attached hydrogens (primary N) is 1. The molecule has 15 heavy (non-hydrogen) atoms. The molecule has 84 valence electrons. The molecule has 0 fully saturated rings. The number of benzene rings is 1. The maximum Gasteiger partial charge on any atom is 0.125 e. The van der Waals surface area contributed by atoms with E-state index in [0.717, 1.165) is 17.7 Å². The molecule has 0 spiro atoms. The first-order valence-electron chi connectivity index (χ1n) is 5.39. The molecule has 0 amide bonds. The minimum absolute atomic E-state index is 0.475. The molecular formula is C12H19NO2. The molecule has 1 aromatic carbocycles. The van der Waals surface area contributed by atoms with Gasteiger partial charge in [0.15, 0.2) is 0 Å². The van der Waals surface area contributed by atoms with Gasteiger partial charge in [-0.15, -0.1) is 0 Å². The van der Waals surface area contributed by atoms with E-state index >= 15 is 0 Å². The Morgan fingerprint density at radius 1 is 1.40 bits per heavy atom. The smallest absolute Gasteiger partial charge is 0.125 e. The van der Waals surface area contributed by atoms with Crippen LogP contribution in [0.1, 0.15) is 31.4 Å². The Bertz CT molecular complexity index is 289. The lowest BCUT2D eigenvalue weighted by Gasteiger charge is -2.15. The second-order valence-electron chi connectivity index (χ2n) is 3.48. The topological polar surface area (TPSA) is 55.5 Å². The van der Waals surface area contributed by atoms with Crippen LogP contribution in [0.2, 0.25) is 0 Å². The number of ether oxygens (including phenoxy) is 1. The van der Waals surface area contributed by atoms with Crippen LogP contribution in [-0.4, -0.2) is 18.3 Å². The molecule has 1 unspecified atom stereocenters. The zero-order chi connectivity index (χ0) is 11.1. The summed E-state index contributed by atoms with van der Waals surface area (Å²) in [5.41, 5.74) is 6.25. The molecule has 3 heteroatoms. The van der Waals surface area contributed by atoms with Gasteiger partial charge in [-0.05, 0) is 25.5 Å². The molecule has 0 aromatic heterocycles. The lowest BCUT2D eigenvalue weighted by atomic mass is 10.1. The van der Waals surface area contributed by atoms with Gasteiger partial charge in [-0.3, -0.25) is 0 Å². The van der Waals surface area contributed by atoms with Gasteiger partial charge in [0.2, 0.25) is 0 Å². The Morgan fingerprint density at radius 3 is 2.80 bits per heavy atom. The van der Waals surface area contributed by atoms with Crippen LogP contribution in [0.4, 0.5) is 0 Å². The predicted octanol–water partition coefficient (Wildman–Crippen LogP) is 1.86. The van der Waals surface area contributed by atoms with Crippen LogP contribution in [0.15, 0.2) is 24.3 Å². The highest BCUT2D eigenvalue weighted by Gasteiger charge is 2.11. The second kappa shape index (κ2) is 6.43. The van der Waals surface area contributed by atoms with Crippen molar-refractivity contribution in [2.75, 3.05) is 13.2 Å². The highest BCUT2D eigenvalue weighted by molar-refractivity contribution is 5.35. The van der Waals surface area contributed by atoms with Crippen molar-refractivity contribution >= 4 is 0 Å². The first-order valence-corrected chi connectivity index (χ1v) is 5.39. The fourth-order valence-electron chi connectivity index (χ4n) is 1.41. The van der Waals surface area contributed by atoms with Gasteiger partial charge in [-0.1, -0.05) is 25.1 Å². The summed E-state index contributed by atoms with van der Waals surface area (Å²) in [5.74, 6) is 0.764. The van der Waals surface area contributed by atoms with Crippen molar-refractivity contribution < 1.29 is 9.84 Å². The molecule has 1 aromatic rings. The minimum Gasteiger partial charge on any atom is -0.493 e. The van der Waals surface area contributed by atoms with Gasteiger partial charge in [0.05, 0.1) is 12.7 Å². The standard InChI is InChI=1S/C12H19NO2/c1-2-9-15-12-6-4-3-5-10(12)11(14)7-8-13/h3-6,11,14H,2,7-9,13H2,1H3. The molecule has 0 heterocycles. The van der Waals surface area contributed by atoms with Crippen molar-refractivity contribution in [2.24, 2.45) is 5.73 Å². The Morgan fingerprint density at radius 2 is 2.13 bits per heavy atom. The Hall–Kier alpha value is -1.06. The second-order valence-corrected chi connectivity index (χ2v) is 3.48. The van der Waals surface area contributed by atoms with Crippen LogP contribution < -0.4 is 10.5 Å². The summed E-state index contributed by atoms with van der Waals surface area (Å²) in [5, 5.41) is 9.84. The van der Waals surface area contributed by atoms with Crippen LogP contribution in [0, 0.1) is 0 Å². The average Bonchev–Trinajstić information content (AvgIpc) is 2.27. The lowest BCUT2D eigenvalue weighted by Crippen LogP contribution is -2.08. The van der Waals surface area contributed by atoms with E-state index in [1.807, 2.05) is 24.3 Å². The quantitative estimate of drug-likeness (QED) is 0.752. The van der Waals surface area contributed by atoms with Gasteiger partial charge in [0.25, 0.3) is 0 Å². The molecule has 1 atom stereocenters. The van der Waals surface area contributed by atoms with Crippen LogP contribution in [0.5, 0.6) is 5.75 Å². The highest BCUT2D eigenvalue weighted by Crippen LogP contribution is 2.26. The van der Waals surface area contributed by atoms with Crippen molar-refractivity contribution in [1.29, 1.82) is 0 Å². The SMILES string of the molecule is CCCOc1ccccc1C(O)CCN. The first kappa shape index (κ1) is 12.0. The average molecular weight is 209 g/mol. The number of hydrogen-bond acceptors (Lipinski definition) is 3. The summed E-state index contributed by atoms with van der Waals surface area (Å²) in [6.07, 6.45) is 0.997. The number of aliphatic hydroxyl groups is 1. The fraction of sp³-hybridized carbons (Fsp3) is 0.500. The molecule has 0 aliphatic carbocycles. The van der Waals surface area contributed by atoms with E-state index in [-0.39, 0.29) is 0 Å². The summed E-state index contributed by atoms with van der Waals surface area (Å²) in [6.45, 7) is 3.20. The van der Waals surface area contributed by atoms with E-state index in [4.69, 9.17) is 10.5 Å². The summed E-state index contributed by atoms with van der Waals surface area (Å²) in [6, 6.07) is 7.56. The largest absolute Gasteiger partial charge is 0.493 e. The minimum atomic E-state index is -0.525. The van der Waals surface area contributed by atoms with E-state index in [0.29, 0.717) is 19.6 Å². The molecule has 3 nitrogen and oxygen atoms in total. The number of hydrogen-bond donors (Lipinski definition) is 2. The van der Waals surface area contributed by atoms with Crippen molar-refractivity contribution in [2.45, 2.75) is 25.9 Å². The van der Waals surface area contributed by atoms with E-state index in [2.05, 4.69) is 6.92 Å². The number of aliphatic hydroxyl groups excluding tert-OH is 1. The molecule has 0 aliphatic rings. The molecule has 1 rings (SSSR count). The van der Waals surface area contributed by atoms with Gasteiger partial charge in [-0.2, -0.15) is 0 Å². The van der Waals surface area contributed by atoms with Crippen molar-refractivity contribution in [3.63, 3.8) is 0 Å². The number of rotatable bonds is 6. The molecule has 0 bridgehead atoms.